The molecule has 3 nitrogen and oxygen atoms in total. The summed E-state index contributed by atoms with van der Waals surface area (Å²) < 4.78 is 0. The van der Waals surface area contributed by atoms with Gasteiger partial charge in [-0.1, -0.05) is 6.42 Å². The summed E-state index contributed by atoms with van der Waals surface area (Å²) in [6.07, 6.45) is 5.92. The van der Waals surface area contributed by atoms with Crippen LogP contribution < -0.4 is 5.32 Å². The summed E-state index contributed by atoms with van der Waals surface area (Å²) in [6, 6.07) is 7.16. The molecule has 0 saturated carbocycles. The summed E-state index contributed by atoms with van der Waals surface area (Å²) in [5.41, 5.74) is 3.37. The Balaban J connectivity index is 1.80. The average molecular weight is 300 g/mol. The SMILES string of the molecule is CC1CCCC(C)N1C(C)C(=O)c1ccc2c(c1)CCCN2. The van der Waals surface area contributed by atoms with Crippen LogP contribution in [0.3, 0.4) is 0 Å². The van der Waals surface area contributed by atoms with Gasteiger partial charge in [0.1, 0.15) is 0 Å². The Morgan fingerprint density at radius 2 is 1.95 bits per heavy atom. The summed E-state index contributed by atoms with van der Waals surface area (Å²) in [5.74, 6) is 0.272. The quantitative estimate of drug-likeness (QED) is 0.860. The van der Waals surface area contributed by atoms with Gasteiger partial charge in [-0.2, -0.15) is 0 Å². The van der Waals surface area contributed by atoms with Crippen molar-refractivity contribution in [3.8, 4) is 0 Å². The predicted octanol–water partition coefficient (Wildman–Crippen LogP) is 3.88. The molecule has 1 saturated heterocycles. The van der Waals surface area contributed by atoms with Crippen molar-refractivity contribution in [1.29, 1.82) is 0 Å². The molecule has 0 amide bonds. The third kappa shape index (κ3) is 2.91. The van der Waals surface area contributed by atoms with Crippen molar-refractivity contribution in [3.63, 3.8) is 0 Å². The first-order valence-electron chi connectivity index (χ1n) is 8.76. The number of benzene rings is 1. The highest BCUT2D eigenvalue weighted by atomic mass is 16.1. The lowest BCUT2D eigenvalue weighted by molar-refractivity contribution is 0.0494. The molecular weight excluding hydrogens is 272 g/mol. The number of nitrogens with zero attached hydrogens (tertiary/aromatic N) is 1. The Morgan fingerprint density at radius 1 is 1.23 bits per heavy atom. The van der Waals surface area contributed by atoms with Gasteiger partial charge in [-0.3, -0.25) is 9.69 Å². The van der Waals surface area contributed by atoms with E-state index in [4.69, 9.17) is 0 Å². The minimum atomic E-state index is -0.0279. The van der Waals surface area contributed by atoms with Crippen molar-refractivity contribution in [2.24, 2.45) is 0 Å². The summed E-state index contributed by atoms with van der Waals surface area (Å²) >= 11 is 0. The molecule has 1 N–H and O–H groups in total. The second-order valence-corrected chi connectivity index (χ2v) is 7.02. The highest BCUT2D eigenvalue weighted by Crippen LogP contribution is 2.28. The van der Waals surface area contributed by atoms with Crippen LogP contribution >= 0.6 is 0 Å². The molecule has 2 heterocycles. The van der Waals surface area contributed by atoms with Crippen LogP contribution in [-0.4, -0.2) is 35.4 Å². The molecule has 1 fully saturated rings. The number of piperidine rings is 1. The highest BCUT2D eigenvalue weighted by molar-refractivity contribution is 6.00. The van der Waals surface area contributed by atoms with E-state index in [0.29, 0.717) is 12.1 Å². The van der Waals surface area contributed by atoms with E-state index < -0.39 is 0 Å². The number of likely N-dealkylation sites (tertiary alicyclic amines) is 1. The van der Waals surface area contributed by atoms with E-state index in [1.54, 1.807) is 0 Å². The van der Waals surface area contributed by atoms with Crippen LogP contribution in [0, 0.1) is 0 Å². The molecule has 3 atom stereocenters. The second kappa shape index (κ2) is 6.41. The van der Waals surface area contributed by atoms with E-state index in [9.17, 15) is 4.79 Å². The molecule has 3 heteroatoms. The molecule has 1 aromatic carbocycles. The zero-order valence-electron chi connectivity index (χ0n) is 14.1. The number of hydrogen-bond acceptors (Lipinski definition) is 3. The molecular formula is C19H28N2O. The average Bonchev–Trinajstić information content (AvgIpc) is 2.53. The van der Waals surface area contributed by atoms with E-state index in [2.05, 4.69) is 43.1 Å². The largest absolute Gasteiger partial charge is 0.385 e. The molecule has 2 aliphatic rings. The number of carbonyl (C=O) groups is 1. The smallest absolute Gasteiger partial charge is 0.179 e. The number of Topliss-reactive ketones (excluding diaryl/α,β-unsaturated/α-hetero) is 1. The Kier molecular flexibility index (Phi) is 4.53. The zero-order chi connectivity index (χ0) is 15.7. The molecule has 3 rings (SSSR count). The van der Waals surface area contributed by atoms with Crippen LogP contribution in [0.5, 0.6) is 0 Å². The van der Waals surface area contributed by atoms with E-state index in [1.165, 1.54) is 30.5 Å². The van der Waals surface area contributed by atoms with Gasteiger partial charge >= 0.3 is 0 Å². The topological polar surface area (TPSA) is 32.3 Å². The number of carbonyl (C=O) groups excluding carboxylic acids is 1. The maximum Gasteiger partial charge on any atom is 0.179 e. The van der Waals surface area contributed by atoms with Gasteiger partial charge in [0.2, 0.25) is 0 Å². The molecule has 3 unspecified atom stereocenters. The molecule has 0 aromatic heterocycles. The summed E-state index contributed by atoms with van der Waals surface area (Å²) in [7, 11) is 0. The molecule has 0 spiro atoms. The Bertz CT molecular complexity index is 544. The summed E-state index contributed by atoms with van der Waals surface area (Å²) in [4.78, 5) is 15.4. The first kappa shape index (κ1) is 15.5. The number of rotatable bonds is 3. The van der Waals surface area contributed by atoms with Crippen LogP contribution in [0.2, 0.25) is 0 Å². The van der Waals surface area contributed by atoms with Crippen LogP contribution in [0.4, 0.5) is 5.69 Å². The fraction of sp³-hybridized carbons (Fsp3) is 0.632. The van der Waals surface area contributed by atoms with Crippen LogP contribution in [-0.2, 0) is 6.42 Å². The second-order valence-electron chi connectivity index (χ2n) is 7.02. The fourth-order valence-corrected chi connectivity index (χ4v) is 4.21. The number of hydrogen-bond donors (Lipinski definition) is 1. The van der Waals surface area contributed by atoms with Gasteiger partial charge in [0.25, 0.3) is 0 Å². The molecule has 2 aliphatic heterocycles. The first-order chi connectivity index (χ1) is 10.6. The highest BCUT2D eigenvalue weighted by Gasteiger charge is 2.32. The third-order valence-electron chi connectivity index (χ3n) is 5.42. The molecule has 0 aliphatic carbocycles. The number of ketones is 1. The lowest BCUT2D eigenvalue weighted by atomic mass is 9.92. The number of nitrogens with one attached hydrogen (secondary N) is 1. The lowest BCUT2D eigenvalue weighted by Crippen LogP contribution is -2.51. The monoisotopic (exact) mass is 300 g/mol. The van der Waals surface area contributed by atoms with Crippen LogP contribution in [0.15, 0.2) is 18.2 Å². The van der Waals surface area contributed by atoms with E-state index in [-0.39, 0.29) is 11.8 Å². The normalized spacial score (nSPS) is 26.9. The molecule has 22 heavy (non-hydrogen) atoms. The number of aryl methyl sites for hydroxylation is 1. The minimum Gasteiger partial charge on any atom is -0.385 e. The van der Waals surface area contributed by atoms with Crippen molar-refractivity contribution in [3.05, 3.63) is 29.3 Å². The Hall–Kier alpha value is -1.35. The van der Waals surface area contributed by atoms with Gasteiger partial charge in [-0.25, -0.2) is 0 Å². The Morgan fingerprint density at radius 3 is 2.68 bits per heavy atom. The van der Waals surface area contributed by atoms with Gasteiger partial charge in [0.15, 0.2) is 5.78 Å². The Labute approximate surface area is 134 Å². The first-order valence-corrected chi connectivity index (χ1v) is 8.76. The molecule has 0 bridgehead atoms. The molecule has 120 valence electrons. The van der Waals surface area contributed by atoms with Crippen LogP contribution in [0.1, 0.15) is 62.4 Å². The standard InChI is InChI=1S/C19H28N2O/c1-13-6-4-7-14(2)21(13)15(3)19(22)17-9-10-18-16(12-17)8-5-11-20-18/h9-10,12-15,20H,4-8,11H2,1-3H3. The maximum atomic E-state index is 13.0. The zero-order valence-corrected chi connectivity index (χ0v) is 14.1. The van der Waals surface area contributed by atoms with E-state index in [1.807, 2.05) is 6.07 Å². The van der Waals surface area contributed by atoms with Crippen molar-refractivity contribution < 1.29 is 4.79 Å². The van der Waals surface area contributed by atoms with Gasteiger partial charge in [-0.05, 0) is 70.2 Å². The van der Waals surface area contributed by atoms with E-state index >= 15 is 0 Å². The number of anilines is 1. The predicted molar refractivity (Wildman–Crippen MR) is 91.7 cm³/mol. The van der Waals surface area contributed by atoms with Crippen molar-refractivity contribution in [2.75, 3.05) is 11.9 Å². The van der Waals surface area contributed by atoms with E-state index in [0.717, 1.165) is 24.9 Å². The summed E-state index contributed by atoms with van der Waals surface area (Å²) in [5, 5.41) is 3.41. The minimum absolute atomic E-state index is 0.0279. The van der Waals surface area contributed by atoms with Crippen LogP contribution in [0.25, 0.3) is 0 Å². The van der Waals surface area contributed by atoms with Crippen molar-refractivity contribution in [2.45, 2.75) is 71.0 Å². The third-order valence-corrected chi connectivity index (χ3v) is 5.42. The maximum absolute atomic E-state index is 13.0. The van der Waals surface area contributed by atoms with Crippen molar-refractivity contribution in [1.82, 2.24) is 4.90 Å². The summed E-state index contributed by atoms with van der Waals surface area (Å²) in [6.45, 7) is 7.64. The van der Waals surface area contributed by atoms with Gasteiger partial charge in [0.05, 0.1) is 6.04 Å². The van der Waals surface area contributed by atoms with Crippen molar-refractivity contribution >= 4 is 11.5 Å². The van der Waals surface area contributed by atoms with Gasteiger partial charge in [0, 0.05) is 29.9 Å². The lowest BCUT2D eigenvalue weighted by Gasteiger charge is -2.42. The molecule has 0 radical (unpaired) electrons. The number of fused-ring (bicyclic) bond motifs is 1. The van der Waals surface area contributed by atoms with Gasteiger partial charge < -0.3 is 5.32 Å². The molecule has 1 aromatic rings. The fourth-order valence-electron chi connectivity index (χ4n) is 4.21. The van der Waals surface area contributed by atoms with Gasteiger partial charge in [-0.15, -0.1) is 0 Å².